The summed E-state index contributed by atoms with van der Waals surface area (Å²) in [7, 11) is 0. The van der Waals surface area contributed by atoms with Gasteiger partial charge >= 0.3 is 0 Å². The van der Waals surface area contributed by atoms with Crippen molar-refractivity contribution in [2.45, 2.75) is 20.0 Å². The van der Waals surface area contributed by atoms with E-state index in [-0.39, 0.29) is 43.0 Å². The molecule has 1 aromatic rings. The lowest BCUT2D eigenvalue weighted by Gasteiger charge is -2.36. The van der Waals surface area contributed by atoms with Gasteiger partial charge < -0.3 is 14.7 Å². The number of carbonyl (C=O) groups excluding carboxylic acids is 2. The molecule has 0 aliphatic carbocycles. The first-order chi connectivity index (χ1) is 14.8. The van der Waals surface area contributed by atoms with Gasteiger partial charge in [-0.15, -0.1) is 0 Å². The number of aliphatic hydroxyl groups is 1. The van der Waals surface area contributed by atoms with Gasteiger partial charge in [0.25, 0.3) is 17.5 Å². The van der Waals surface area contributed by atoms with Crippen molar-refractivity contribution >= 4 is 23.1 Å². The SMILES string of the molecule is CC(C)OCCN1C(=O)C(c2ccc([N+](=O)[O-])cc2)=C(N2CCN(CCO)CC2)C1=O. The van der Waals surface area contributed by atoms with Crippen LogP contribution >= 0.6 is 0 Å². The van der Waals surface area contributed by atoms with E-state index in [1.165, 1.54) is 29.2 Å². The normalized spacial score (nSPS) is 17.9. The molecule has 2 heterocycles. The summed E-state index contributed by atoms with van der Waals surface area (Å²) in [4.78, 5) is 42.1. The maximum atomic E-state index is 13.2. The molecule has 0 spiro atoms. The number of imide groups is 1. The third-order valence-electron chi connectivity index (χ3n) is 5.38. The van der Waals surface area contributed by atoms with E-state index < -0.39 is 10.8 Å². The third-order valence-corrected chi connectivity index (χ3v) is 5.38. The summed E-state index contributed by atoms with van der Waals surface area (Å²) in [6, 6.07) is 5.69. The number of non-ortho nitro benzene ring substituents is 1. The highest BCUT2D eigenvalue weighted by atomic mass is 16.6. The third kappa shape index (κ3) is 5.09. The minimum Gasteiger partial charge on any atom is -0.395 e. The molecule has 0 aromatic heterocycles. The van der Waals surface area contributed by atoms with Crippen molar-refractivity contribution in [3.8, 4) is 0 Å². The summed E-state index contributed by atoms with van der Waals surface area (Å²) in [6.45, 7) is 7.18. The fourth-order valence-electron chi connectivity index (χ4n) is 3.79. The molecule has 1 saturated heterocycles. The van der Waals surface area contributed by atoms with Crippen LogP contribution in [-0.4, -0.2) is 95.1 Å². The summed E-state index contributed by atoms with van der Waals surface area (Å²) >= 11 is 0. The summed E-state index contributed by atoms with van der Waals surface area (Å²) in [6.07, 6.45) is -0.0195. The fourth-order valence-corrected chi connectivity index (χ4v) is 3.79. The average Bonchev–Trinajstić information content (AvgIpc) is 2.99. The molecular formula is C21H28N4O6. The number of benzene rings is 1. The van der Waals surface area contributed by atoms with Crippen LogP contribution in [0, 0.1) is 10.1 Å². The number of nitro benzene ring substituents is 1. The largest absolute Gasteiger partial charge is 0.395 e. The van der Waals surface area contributed by atoms with E-state index in [0.717, 1.165) is 0 Å². The Morgan fingerprint density at radius 1 is 1.06 bits per heavy atom. The minimum absolute atomic E-state index is 0.0195. The van der Waals surface area contributed by atoms with Crippen LogP contribution in [0.1, 0.15) is 19.4 Å². The van der Waals surface area contributed by atoms with E-state index in [2.05, 4.69) is 4.90 Å². The van der Waals surface area contributed by atoms with E-state index in [0.29, 0.717) is 44.0 Å². The Morgan fingerprint density at radius 2 is 1.71 bits per heavy atom. The zero-order valence-electron chi connectivity index (χ0n) is 17.8. The lowest BCUT2D eigenvalue weighted by Crippen LogP contribution is -2.48. The molecule has 0 atom stereocenters. The second-order valence-corrected chi connectivity index (χ2v) is 7.76. The van der Waals surface area contributed by atoms with Gasteiger partial charge in [0.15, 0.2) is 0 Å². The van der Waals surface area contributed by atoms with Gasteiger partial charge in [-0.05, 0) is 31.5 Å². The highest BCUT2D eigenvalue weighted by molar-refractivity contribution is 6.35. The van der Waals surface area contributed by atoms with Gasteiger partial charge in [0.05, 0.1) is 36.4 Å². The number of ether oxygens (including phenoxy) is 1. The number of hydrogen-bond acceptors (Lipinski definition) is 8. The van der Waals surface area contributed by atoms with Crippen LogP contribution in [0.2, 0.25) is 0 Å². The van der Waals surface area contributed by atoms with E-state index in [1.807, 2.05) is 18.7 Å². The number of nitrogens with zero attached hydrogens (tertiary/aromatic N) is 4. The molecule has 0 bridgehead atoms. The molecule has 1 N–H and O–H groups in total. The zero-order chi connectivity index (χ0) is 22.5. The Morgan fingerprint density at radius 3 is 2.26 bits per heavy atom. The van der Waals surface area contributed by atoms with Crippen LogP contribution in [-0.2, 0) is 14.3 Å². The number of hydrogen-bond donors (Lipinski definition) is 1. The minimum atomic E-state index is -0.503. The fraction of sp³-hybridized carbons (Fsp3) is 0.524. The van der Waals surface area contributed by atoms with Gasteiger partial charge in [0.1, 0.15) is 5.70 Å². The first-order valence-corrected chi connectivity index (χ1v) is 10.4. The highest BCUT2D eigenvalue weighted by Gasteiger charge is 2.42. The van der Waals surface area contributed by atoms with Gasteiger partial charge in [-0.1, -0.05) is 0 Å². The molecule has 3 rings (SSSR count). The standard InChI is InChI=1S/C21H28N4O6/c1-15(2)31-14-12-24-20(27)18(16-3-5-17(6-4-16)25(29)30)19(21(24)28)23-9-7-22(8-10-23)11-13-26/h3-6,15,26H,7-14H2,1-2H3. The van der Waals surface area contributed by atoms with Crippen LogP contribution in [0.3, 0.4) is 0 Å². The predicted octanol–water partition coefficient (Wildman–Crippen LogP) is 0.710. The smallest absolute Gasteiger partial charge is 0.277 e. The van der Waals surface area contributed by atoms with Crippen molar-refractivity contribution in [3.63, 3.8) is 0 Å². The number of rotatable bonds is 9. The molecule has 10 nitrogen and oxygen atoms in total. The molecular weight excluding hydrogens is 404 g/mol. The Bertz CT molecular complexity index is 859. The van der Waals surface area contributed by atoms with Gasteiger partial charge in [0.2, 0.25) is 0 Å². The number of piperazine rings is 1. The first-order valence-electron chi connectivity index (χ1n) is 10.4. The molecule has 31 heavy (non-hydrogen) atoms. The average molecular weight is 432 g/mol. The second-order valence-electron chi connectivity index (χ2n) is 7.76. The van der Waals surface area contributed by atoms with Crippen molar-refractivity contribution in [1.82, 2.24) is 14.7 Å². The topological polar surface area (TPSA) is 116 Å². The number of aliphatic hydroxyl groups excluding tert-OH is 1. The number of carbonyl (C=O) groups is 2. The summed E-state index contributed by atoms with van der Waals surface area (Å²) < 4.78 is 5.52. The number of β-amino-alcohol motifs (C(OH)–C–C–N with tert-alkyl or cyclic N) is 1. The van der Waals surface area contributed by atoms with E-state index in [4.69, 9.17) is 9.84 Å². The Balaban J connectivity index is 1.90. The summed E-state index contributed by atoms with van der Waals surface area (Å²) in [5.41, 5.74) is 0.985. The van der Waals surface area contributed by atoms with Crippen molar-refractivity contribution in [1.29, 1.82) is 0 Å². The molecule has 2 amide bonds. The maximum Gasteiger partial charge on any atom is 0.277 e. The molecule has 2 aliphatic heterocycles. The number of nitro groups is 1. The molecule has 0 saturated carbocycles. The summed E-state index contributed by atoms with van der Waals surface area (Å²) in [5.74, 6) is -0.791. The van der Waals surface area contributed by atoms with E-state index in [9.17, 15) is 19.7 Å². The van der Waals surface area contributed by atoms with Crippen LogP contribution in [0.25, 0.3) is 5.57 Å². The predicted molar refractivity (Wildman–Crippen MR) is 113 cm³/mol. The molecule has 168 valence electrons. The van der Waals surface area contributed by atoms with E-state index >= 15 is 0 Å². The Labute approximate surface area is 180 Å². The first kappa shape index (κ1) is 22.9. The Hall–Kier alpha value is -2.82. The lowest BCUT2D eigenvalue weighted by atomic mass is 10.0. The lowest BCUT2D eigenvalue weighted by molar-refractivity contribution is -0.384. The van der Waals surface area contributed by atoms with Crippen molar-refractivity contribution in [3.05, 3.63) is 45.6 Å². The monoisotopic (exact) mass is 432 g/mol. The van der Waals surface area contributed by atoms with Crippen molar-refractivity contribution in [2.75, 3.05) is 52.5 Å². The van der Waals surface area contributed by atoms with Crippen LogP contribution < -0.4 is 0 Å². The summed E-state index contributed by atoms with van der Waals surface area (Å²) in [5, 5.41) is 20.1. The molecule has 10 heteroatoms. The second kappa shape index (κ2) is 9.99. The highest BCUT2D eigenvalue weighted by Crippen LogP contribution is 2.33. The quantitative estimate of drug-likeness (QED) is 0.345. The van der Waals surface area contributed by atoms with Crippen LogP contribution in [0.4, 0.5) is 5.69 Å². The molecule has 1 aromatic carbocycles. The van der Waals surface area contributed by atoms with Crippen molar-refractivity contribution in [2.24, 2.45) is 0 Å². The van der Waals surface area contributed by atoms with Gasteiger partial charge in [-0.3, -0.25) is 29.5 Å². The molecule has 1 fully saturated rings. The molecule has 0 radical (unpaired) electrons. The molecule has 0 unspecified atom stereocenters. The van der Waals surface area contributed by atoms with E-state index in [1.54, 1.807) is 0 Å². The number of amides is 2. The maximum absolute atomic E-state index is 13.2. The van der Waals surface area contributed by atoms with Crippen LogP contribution in [0.15, 0.2) is 30.0 Å². The van der Waals surface area contributed by atoms with Gasteiger partial charge in [-0.2, -0.15) is 0 Å². The van der Waals surface area contributed by atoms with Gasteiger partial charge in [-0.25, -0.2) is 0 Å². The molecule has 2 aliphatic rings. The zero-order valence-corrected chi connectivity index (χ0v) is 17.8. The Kier molecular flexibility index (Phi) is 7.37. The van der Waals surface area contributed by atoms with Crippen molar-refractivity contribution < 1.29 is 24.4 Å². The van der Waals surface area contributed by atoms with Gasteiger partial charge in [0, 0.05) is 44.9 Å². The van der Waals surface area contributed by atoms with Crippen LogP contribution in [0.5, 0.6) is 0 Å².